The van der Waals surface area contributed by atoms with Crippen LogP contribution in [0.25, 0.3) is 0 Å². The number of hydrogen-bond donors (Lipinski definition) is 1. The molecule has 0 aliphatic carbocycles. The number of furan rings is 1. The lowest BCUT2D eigenvalue weighted by Gasteiger charge is -2.16. The Labute approximate surface area is 106 Å². The first kappa shape index (κ1) is 12.2. The first-order valence-corrected chi connectivity index (χ1v) is 6.06. The summed E-state index contributed by atoms with van der Waals surface area (Å²) in [4.78, 5) is 0. The molecular weight excluding hydrogens is 238 g/mol. The fourth-order valence-electron chi connectivity index (χ4n) is 1.79. The molecule has 1 N–H and O–H groups in total. The molecule has 0 spiro atoms. The Morgan fingerprint density at radius 2 is 2.29 bits per heavy atom. The van der Waals surface area contributed by atoms with Gasteiger partial charge < -0.3 is 9.73 Å². The van der Waals surface area contributed by atoms with Crippen molar-refractivity contribution in [1.82, 2.24) is 15.1 Å². The summed E-state index contributed by atoms with van der Waals surface area (Å²) in [5.41, 5.74) is 1.06. The first-order chi connectivity index (χ1) is 8.22. The van der Waals surface area contributed by atoms with Crippen LogP contribution in [-0.2, 0) is 7.05 Å². The van der Waals surface area contributed by atoms with Crippen molar-refractivity contribution in [2.24, 2.45) is 7.05 Å². The van der Waals surface area contributed by atoms with E-state index in [9.17, 15) is 0 Å². The van der Waals surface area contributed by atoms with Gasteiger partial charge in [-0.3, -0.25) is 4.68 Å². The summed E-state index contributed by atoms with van der Waals surface area (Å²) in [6, 6.07) is 5.62. The lowest BCUT2D eigenvalue weighted by atomic mass is 10.1. The second kappa shape index (κ2) is 5.38. The minimum atomic E-state index is -0.00468. The summed E-state index contributed by atoms with van der Waals surface area (Å²) in [5.74, 6) is 0.812. The van der Waals surface area contributed by atoms with Gasteiger partial charge in [-0.15, -0.1) is 0 Å². The summed E-state index contributed by atoms with van der Waals surface area (Å²) in [5, 5.41) is 8.02. The molecule has 0 aliphatic rings. The molecule has 0 radical (unpaired) electrons. The summed E-state index contributed by atoms with van der Waals surface area (Å²) in [6.07, 6.45) is 2.84. The minimum absolute atomic E-state index is 0.00468. The van der Waals surface area contributed by atoms with E-state index < -0.39 is 0 Å². The maximum atomic E-state index is 5.82. The second-order valence-corrected chi connectivity index (χ2v) is 4.28. The van der Waals surface area contributed by atoms with Crippen LogP contribution in [0, 0.1) is 0 Å². The van der Waals surface area contributed by atoms with Crippen LogP contribution in [0.2, 0.25) is 5.22 Å². The maximum Gasteiger partial charge on any atom is 0.193 e. The zero-order chi connectivity index (χ0) is 12.3. The van der Waals surface area contributed by atoms with Crippen molar-refractivity contribution in [3.05, 3.63) is 41.1 Å². The molecule has 0 saturated heterocycles. The molecule has 0 saturated carbocycles. The Morgan fingerprint density at radius 3 is 2.82 bits per heavy atom. The van der Waals surface area contributed by atoms with E-state index in [1.165, 1.54) is 0 Å². The minimum Gasteiger partial charge on any atom is -0.448 e. The summed E-state index contributed by atoms with van der Waals surface area (Å²) in [7, 11) is 1.92. The quantitative estimate of drug-likeness (QED) is 0.891. The van der Waals surface area contributed by atoms with E-state index in [2.05, 4.69) is 17.3 Å². The fraction of sp³-hybridized carbons (Fsp3) is 0.417. The number of aryl methyl sites for hydroxylation is 1. The van der Waals surface area contributed by atoms with Crippen molar-refractivity contribution in [2.45, 2.75) is 19.4 Å². The van der Waals surface area contributed by atoms with Gasteiger partial charge in [-0.05, 0) is 42.8 Å². The van der Waals surface area contributed by atoms with Crippen LogP contribution in [0.1, 0.15) is 30.8 Å². The number of nitrogens with zero attached hydrogens (tertiary/aromatic N) is 2. The van der Waals surface area contributed by atoms with Crippen LogP contribution >= 0.6 is 11.6 Å². The molecule has 4 nitrogen and oxygen atoms in total. The number of halogens is 1. The Kier molecular flexibility index (Phi) is 3.86. The standard InChI is InChI=1S/C12H16ClN3O/c1-3-7-14-12(9-6-8-15-16(9)2)10-4-5-11(13)17-10/h4-6,8,12,14H,3,7H2,1-2H3. The molecule has 2 aromatic rings. The molecule has 0 fully saturated rings. The molecule has 17 heavy (non-hydrogen) atoms. The zero-order valence-corrected chi connectivity index (χ0v) is 10.7. The van der Waals surface area contributed by atoms with Crippen LogP contribution in [0.15, 0.2) is 28.8 Å². The lowest BCUT2D eigenvalue weighted by molar-refractivity contribution is 0.433. The highest BCUT2D eigenvalue weighted by molar-refractivity contribution is 6.28. The van der Waals surface area contributed by atoms with E-state index in [1.807, 2.05) is 23.9 Å². The topological polar surface area (TPSA) is 43.0 Å². The van der Waals surface area contributed by atoms with Gasteiger partial charge in [-0.25, -0.2) is 0 Å². The second-order valence-electron chi connectivity index (χ2n) is 3.91. The van der Waals surface area contributed by atoms with Gasteiger partial charge in [0.15, 0.2) is 5.22 Å². The Bertz CT molecular complexity index is 478. The monoisotopic (exact) mass is 253 g/mol. The number of nitrogens with one attached hydrogen (secondary N) is 1. The van der Waals surface area contributed by atoms with Gasteiger partial charge >= 0.3 is 0 Å². The molecule has 92 valence electrons. The SMILES string of the molecule is CCCNC(c1ccc(Cl)o1)c1ccnn1C. The molecule has 0 amide bonds. The number of rotatable bonds is 5. The number of aromatic nitrogens is 2. The highest BCUT2D eigenvalue weighted by Gasteiger charge is 2.19. The summed E-state index contributed by atoms with van der Waals surface area (Å²) < 4.78 is 7.32. The Morgan fingerprint density at radius 1 is 1.47 bits per heavy atom. The highest BCUT2D eigenvalue weighted by atomic mass is 35.5. The fourth-order valence-corrected chi connectivity index (χ4v) is 1.94. The van der Waals surface area contributed by atoms with Crippen LogP contribution in [0.3, 0.4) is 0 Å². The molecule has 1 atom stereocenters. The van der Waals surface area contributed by atoms with Gasteiger partial charge in [0, 0.05) is 13.2 Å². The predicted molar refractivity (Wildman–Crippen MR) is 67.1 cm³/mol. The molecule has 5 heteroatoms. The van der Waals surface area contributed by atoms with Crippen LogP contribution in [0.5, 0.6) is 0 Å². The zero-order valence-electron chi connectivity index (χ0n) is 9.98. The highest BCUT2D eigenvalue weighted by Crippen LogP contribution is 2.25. The van der Waals surface area contributed by atoms with Gasteiger partial charge in [-0.1, -0.05) is 6.92 Å². The molecule has 1 unspecified atom stereocenters. The Hall–Kier alpha value is -1.26. The van der Waals surface area contributed by atoms with Crippen molar-refractivity contribution >= 4 is 11.6 Å². The smallest absolute Gasteiger partial charge is 0.193 e. The third kappa shape index (κ3) is 2.70. The van der Waals surface area contributed by atoms with Crippen LogP contribution in [-0.4, -0.2) is 16.3 Å². The lowest BCUT2D eigenvalue weighted by Crippen LogP contribution is -2.24. The van der Waals surface area contributed by atoms with Crippen molar-refractivity contribution < 1.29 is 4.42 Å². The normalized spacial score (nSPS) is 12.9. The van der Waals surface area contributed by atoms with Gasteiger partial charge in [0.05, 0.1) is 5.69 Å². The number of hydrogen-bond acceptors (Lipinski definition) is 3. The van der Waals surface area contributed by atoms with Crippen molar-refractivity contribution in [3.8, 4) is 0 Å². The van der Waals surface area contributed by atoms with Crippen molar-refractivity contribution in [1.29, 1.82) is 0 Å². The van der Waals surface area contributed by atoms with E-state index in [-0.39, 0.29) is 6.04 Å². The largest absolute Gasteiger partial charge is 0.448 e. The maximum absolute atomic E-state index is 5.82. The van der Waals surface area contributed by atoms with E-state index in [4.69, 9.17) is 16.0 Å². The van der Waals surface area contributed by atoms with Crippen LogP contribution < -0.4 is 5.32 Å². The van der Waals surface area contributed by atoms with Crippen molar-refractivity contribution in [3.63, 3.8) is 0 Å². The van der Waals surface area contributed by atoms with E-state index in [0.717, 1.165) is 24.4 Å². The molecule has 0 aromatic carbocycles. The van der Waals surface area contributed by atoms with Gasteiger partial charge in [0.2, 0.25) is 0 Å². The van der Waals surface area contributed by atoms with E-state index >= 15 is 0 Å². The molecular formula is C12H16ClN3O. The molecule has 2 heterocycles. The van der Waals surface area contributed by atoms with Crippen molar-refractivity contribution in [2.75, 3.05) is 6.54 Å². The third-order valence-corrected chi connectivity index (χ3v) is 2.83. The summed E-state index contributed by atoms with van der Waals surface area (Å²) in [6.45, 7) is 3.04. The average Bonchev–Trinajstić information content (AvgIpc) is 2.90. The third-order valence-electron chi connectivity index (χ3n) is 2.63. The summed E-state index contributed by atoms with van der Waals surface area (Å²) >= 11 is 5.82. The molecule has 2 rings (SSSR count). The van der Waals surface area contributed by atoms with E-state index in [0.29, 0.717) is 5.22 Å². The van der Waals surface area contributed by atoms with Crippen LogP contribution in [0.4, 0.5) is 0 Å². The molecule has 0 aliphatic heterocycles. The first-order valence-electron chi connectivity index (χ1n) is 5.69. The molecule has 0 bridgehead atoms. The molecule has 2 aromatic heterocycles. The average molecular weight is 254 g/mol. The Balaban J connectivity index is 2.28. The predicted octanol–water partition coefficient (Wildman–Crippen LogP) is 2.76. The van der Waals surface area contributed by atoms with Gasteiger partial charge in [-0.2, -0.15) is 5.10 Å². The van der Waals surface area contributed by atoms with Gasteiger partial charge in [0.1, 0.15) is 11.8 Å². The van der Waals surface area contributed by atoms with E-state index in [1.54, 1.807) is 12.3 Å². The van der Waals surface area contributed by atoms with Gasteiger partial charge in [0.25, 0.3) is 0 Å².